The number of carbonyl (C=O) groups is 1. The molecular formula is C11H19N5O4S. The van der Waals surface area contributed by atoms with Gasteiger partial charge in [0.1, 0.15) is 10.9 Å². The van der Waals surface area contributed by atoms with Gasteiger partial charge in [0.05, 0.1) is 18.9 Å². The van der Waals surface area contributed by atoms with E-state index in [-0.39, 0.29) is 30.5 Å². The molecule has 118 valence electrons. The number of nitrogens with two attached hydrogens (primary N) is 1. The third-order valence-corrected chi connectivity index (χ3v) is 5.57. The molecule has 10 heteroatoms. The number of sulfonamides is 1. The molecule has 0 aromatic carbocycles. The van der Waals surface area contributed by atoms with E-state index in [1.165, 1.54) is 11.7 Å². The van der Waals surface area contributed by atoms with E-state index in [9.17, 15) is 13.2 Å². The molecule has 1 fully saturated rings. The zero-order valence-corrected chi connectivity index (χ0v) is 13.0. The molecule has 1 amide bonds. The number of likely N-dealkylation sites (N-methyl/N-ethyl adjacent to an activating group) is 1. The van der Waals surface area contributed by atoms with Crippen molar-refractivity contribution >= 4 is 21.7 Å². The summed E-state index contributed by atoms with van der Waals surface area (Å²) < 4.78 is 33.4. The second-order valence-electron chi connectivity index (χ2n) is 4.74. The first kappa shape index (κ1) is 15.7. The SMILES string of the molecule is CNC(=O)C1COCCN1S(=O)(=O)c1c(N)nn(C)c1C. The van der Waals surface area contributed by atoms with Gasteiger partial charge >= 0.3 is 0 Å². The van der Waals surface area contributed by atoms with Crippen molar-refractivity contribution in [2.75, 3.05) is 32.5 Å². The third kappa shape index (κ3) is 2.61. The number of morpholine rings is 1. The van der Waals surface area contributed by atoms with Crippen molar-refractivity contribution in [2.24, 2.45) is 7.05 Å². The van der Waals surface area contributed by atoms with Crippen LogP contribution in [-0.4, -0.2) is 61.3 Å². The second-order valence-corrected chi connectivity index (χ2v) is 6.57. The molecular weight excluding hydrogens is 298 g/mol. The van der Waals surface area contributed by atoms with Crippen LogP contribution in [0.2, 0.25) is 0 Å². The molecule has 2 rings (SSSR count). The number of anilines is 1. The number of nitrogens with zero attached hydrogens (tertiary/aromatic N) is 3. The molecule has 9 nitrogen and oxygen atoms in total. The van der Waals surface area contributed by atoms with E-state index in [1.807, 2.05) is 0 Å². The fraction of sp³-hybridized carbons (Fsp3) is 0.636. The molecule has 1 aromatic rings. The molecule has 1 saturated heterocycles. The summed E-state index contributed by atoms with van der Waals surface area (Å²) in [5, 5.41) is 6.36. The maximum absolute atomic E-state index is 12.8. The molecule has 3 N–H and O–H groups in total. The summed E-state index contributed by atoms with van der Waals surface area (Å²) in [5.41, 5.74) is 6.15. The van der Waals surface area contributed by atoms with E-state index < -0.39 is 22.0 Å². The van der Waals surface area contributed by atoms with Crippen LogP contribution >= 0.6 is 0 Å². The van der Waals surface area contributed by atoms with E-state index in [4.69, 9.17) is 10.5 Å². The lowest BCUT2D eigenvalue weighted by Gasteiger charge is -2.33. The summed E-state index contributed by atoms with van der Waals surface area (Å²) in [5.74, 6) is -0.490. The largest absolute Gasteiger partial charge is 0.381 e. The van der Waals surface area contributed by atoms with E-state index in [0.29, 0.717) is 5.69 Å². The fourth-order valence-electron chi connectivity index (χ4n) is 2.30. The van der Waals surface area contributed by atoms with Crippen LogP contribution in [0.15, 0.2) is 4.90 Å². The maximum Gasteiger partial charge on any atom is 0.249 e. The van der Waals surface area contributed by atoms with Crippen molar-refractivity contribution in [3.8, 4) is 0 Å². The van der Waals surface area contributed by atoms with Crippen LogP contribution in [0.1, 0.15) is 5.69 Å². The van der Waals surface area contributed by atoms with Crippen LogP contribution in [0, 0.1) is 6.92 Å². The van der Waals surface area contributed by atoms with Gasteiger partial charge < -0.3 is 15.8 Å². The lowest BCUT2D eigenvalue weighted by molar-refractivity contribution is -0.128. The van der Waals surface area contributed by atoms with Crippen LogP contribution in [0.5, 0.6) is 0 Å². The van der Waals surface area contributed by atoms with E-state index in [2.05, 4.69) is 10.4 Å². The first-order chi connectivity index (χ1) is 9.80. The number of nitrogens with one attached hydrogen (secondary N) is 1. The minimum Gasteiger partial charge on any atom is -0.381 e. The van der Waals surface area contributed by atoms with E-state index in [1.54, 1.807) is 14.0 Å². The maximum atomic E-state index is 12.8. The van der Waals surface area contributed by atoms with E-state index in [0.717, 1.165) is 4.31 Å². The lowest BCUT2D eigenvalue weighted by Crippen LogP contribution is -2.55. The highest BCUT2D eigenvalue weighted by Gasteiger charge is 2.40. The van der Waals surface area contributed by atoms with Crippen LogP contribution in [0.3, 0.4) is 0 Å². The highest BCUT2D eigenvalue weighted by molar-refractivity contribution is 7.89. The Morgan fingerprint density at radius 3 is 2.71 bits per heavy atom. The Labute approximate surface area is 123 Å². The number of hydrogen-bond acceptors (Lipinski definition) is 6. The first-order valence-electron chi connectivity index (χ1n) is 6.41. The highest BCUT2D eigenvalue weighted by atomic mass is 32.2. The minimum absolute atomic E-state index is 0.0120. The zero-order chi connectivity index (χ0) is 15.8. The van der Waals surface area contributed by atoms with Gasteiger partial charge in [-0.15, -0.1) is 0 Å². The summed E-state index contributed by atoms with van der Waals surface area (Å²) in [4.78, 5) is 11.8. The van der Waals surface area contributed by atoms with Crippen molar-refractivity contribution in [1.29, 1.82) is 0 Å². The Hall–Kier alpha value is -1.65. The van der Waals surface area contributed by atoms with Gasteiger partial charge in [0, 0.05) is 20.6 Å². The Morgan fingerprint density at radius 1 is 1.52 bits per heavy atom. The monoisotopic (exact) mass is 317 g/mol. The Kier molecular flexibility index (Phi) is 4.21. The Balaban J connectivity index is 2.48. The fourth-order valence-corrected chi connectivity index (χ4v) is 4.15. The van der Waals surface area contributed by atoms with Crippen molar-refractivity contribution in [3.63, 3.8) is 0 Å². The molecule has 1 atom stereocenters. The standard InChI is InChI=1S/C11H19N5O4S/c1-7-9(10(12)14-15(7)3)21(18,19)16-4-5-20-6-8(16)11(17)13-2/h8H,4-6H2,1-3H3,(H2,12,14)(H,13,17). The Morgan fingerprint density at radius 2 is 2.19 bits per heavy atom. The van der Waals surface area contributed by atoms with Crippen LogP contribution < -0.4 is 11.1 Å². The van der Waals surface area contributed by atoms with Gasteiger partial charge in [0.25, 0.3) is 0 Å². The van der Waals surface area contributed by atoms with Gasteiger partial charge in [-0.3, -0.25) is 9.48 Å². The van der Waals surface area contributed by atoms with Crippen molar-refractivity contribution in [3.05, 3.63) is 5.69 Å². The van der Waals surface area contributed by atoms with Gasteiger partial charge in [-0.05, 0) is 6.92 Å². The number of carbonyl (C=O) groups excluding carboxylic acids is 1. The summed E-state index contributed by atoms with van der Waals surface area (Å²) in [6.07, 6.45) is 0. The van der Waals surface area contributed by atoms with Gasteiger partial charge in [0.15, 0.2) is 5.82 Å². The number of rotatable bonds is 3. The quantitative estimate of drug-likeness (QED) is 0.696. The highest BCUT2D eigenvalue weighted by Crippen LogP contribution is 2.27. The lowest BCUT2D eigenvalue weighted by atomic mass is 10.2. The summed E-state index contributed by atoms with van der Waals surface area (Å²) in [6.45, 7) is 1.95. The van der Waals surface area contributed by atoms with Crippen LogP contribution in [0.4, 0.5) is 5.82 Å². The number of ether oxygens (including phenoxy) is 1. The van der Waals surface area contributed by atoms with Gasteiger partial charge in [0.2, 0.25) is 15.9 Å². The normalized spacial score (nSPS) is 20.4. The molecule has 21 heavy (non-hydrogen) atoms. The predicted octanol–water partition coefficient (Wildman–Crippen LogP) is -1.55. The predicted molar refractivity (Wildman–Crippen MR) is 74.9 cm³/mol. The zero-order valence-electron chi connectivity index (χ0n) is 12.2. The molecule has 1 unspecified atom stereocenters. The smallest absolute Gasteiger partial charge is 0.249 e. The molecule has 0 saturated carbocycles. The second kappa shape index (κ2) is 5.62. The average Bonchev–Trinajstić information content (AvgIpc) is 2.71. The van der Waals surface area contributed by atoms with Crippen LogP contribution in [-0.2, 0) is 26.6 Å². The van der Waals surface area contributed by atoms with Gasteiger partial charge in [-0.2, -0.15) is 9.40 Å². The molecule has 0 bridgehead atoms. The minimum atomic E-state index is -3.92. The summed E-state index contributed by atoms with van der Waals surface area (Å²) >= 11 is 0. The molecule has 1 aliphatic rings. The Bertz CT molecular complexity index is 654. The molecule has 0 aliphatic carbocycles. The number of hydrogen-bond donors (Lipinski definition) is 2. The average molecular weight is 317 g/mol. The van der Waals surface area contributed by atoms with Crippen molar-refractivity contribution in [1.82, 2.24) is 19.4 Å². The first-order valence-corrected chi connectivity index (χ1v) is 7.85. The van der Waals surface area contributed by atoms with Crippen molar-refractivity contribution in [2.45, 2.75) is 17.9 Å². The summed E-state index contributed by atoms with van der Waals surface area (Å²) in [6, 6.07) is -0.909. The molecule has 1 aromatic heterocycles. The van der Waals surface area contributed by atoms with Gasteiger partial charge in [-0.25, -0.2) is 8.42 Å². The van der Waals surface area contributed by atoms with E-state index >= 15 is 0 Å². The number of aromatic nitrogens is 2. The third-order valence-electron chi connectivity index (χ3n) is 3.50. The number of amides is 1. The molecule has 0 spiro atoms. The van der Waals surface area contributed by atoms with Crippen molar-refractivity contribution < 1.29 is 17.9 Å². The van der Waals surface area contributed by atoms with Crippen LogP contribution in [0.25, 0.3) is 0 Å². The molecule has 0 radical (unpaired) electrons. The van der Waals surface area contributed by atoms with Gasteiger partial charge in [-0.1, -0.05) is 0 Å². The summed E-state index contributed by atoms with van der Waals surface area (Å²) in [7, 11) is -0.861. The number of nitrogen functional groups attached to an aromatic ring is 1. The molecule has 2 heterocycles. The topological polar surface area (TPSA) is 120 Å². The molecule has 1 aliphatic heterocycles. The number of aryl methyl sites for hydroxylation is 1.